The zero-order valence-electron chi connectivity index (χ0n) is 14.7. The Morgan fingerprint density at radius 1 is 1.29 bits per heavy atom. The summed E-state index contributed by atoms with van der Waals surface area (Å²) in [5.74, 6) is 2.06. The maximum Gasteiger partial charge on any atom is 0.225 e. The van der Waals surface area contributed by atoms with Gasteiger partial charge in [-0.2, -0.15) is 0 Å². The highest BCUT2D eigenvalue weighted by Crippen LogP contribution is 2.34. The van der Waals surface area contributed by atoms with Gasteiger partial charge in [-0.05, 0) is 26.7 Å². The first-order valence-corrected chi connectivity index (χ1v) is 8.51. The van der Waals surface area contributed by atoms with Crippen LogP contribution in [0.3, 0.4) is 0 Å². The molecule has 0 saturated carbocycles. The van der Waals surface area contributed by atoms with Crippen LogP contribution in [0.5, 0.6) is 0 Å². The Labute approximate surface area is 142 Å². The molecule has 0 radical (unpaired) electrons. The van der Waals surface area contributed by atoms with E-state index >= 15 is 0 Å². The molecule has 0 aromatic carbocycles. The van der Waals surface area contributed by atoms with E-state index in [0.717, 1.165) is 48.7 Å². The molecule has 3 rings (SSSR count). The van der Waals surface area contributed by atoms with E-state index in [1.807, 2.05) is 44.9 Å². The Kier molecular flexibility index (Phi) is 4.64. The molecule has 0 atom stereocenters. The molecule has 6 heteroatoms. The summed E-state index contributed by atoms with van der Waals surface area (Å²) in [6.07, 6.45) is 3.65. The van der Waals surface area contributed by atoms with Crippen molar-refractivity contribution < 1.29 is 9.32 Å². The number of hydrogen-bond acceptors (Lipinski definition) is 5. The van der Waals surface area contributed by atoms with Crippen LogP contribution < -0.4 is 0 Å². The lowest BCUT2D eigenvalue weighted by Gasteiger charge is -2.33. The van der Waals surface area contributed by atoms with E-state index in [4.69, 9.17) is 4.52 Å². The number of aromatic nitrogens is 3. The number of amides is 1. The van der Waals surface area contributed by atoms with E-state index in [-0.39, 0.29) is 11.8 Å². The summed E-state index contributed by atoms with van der Waals surface area (Å²) in [4.78, 5) is 23.1. The Morgan fingerprint density at radius 3 is 2.58 bits per heavy atom. The summed E-state index contributed by atoms with van der Waals surface area (Å²) < 4.78 is 5.42. The molecule has 1 saturated heterocycles. The molecule has 1 aliphatic rings. The van der Waals surface area contributed by atoms with Gasteiger partial charge in [0.15, 0.2) is 5.76 Å². The average molecular weight is 328 g/mol. The highest BCUT2D eigenvalue weighted by molar-refractivity contribution is 5.78. The molecule has 0 bridgehead atoms. The van der Waals surface area contributed by atoms with Crippen molar-refractivity contribution in [2.45, 2.75) is 46.5 Å². The molecule has 0 aliphatic carbocycles. The molecule has 0 spiro atoms. The Hall–Kier alpha value is -2.24. The van der Waals surface area contributed by atoms with E-state index in [9.17, 15) is 4.79 Å². The fourth-order valence-corrected chi connectivity index (χ4v) is 3.22. The standard InChI is InChI=1S/C18H24N4O2/c1-11(2)18(23)22-7-5-14(6-8-22)17-15(10-19-13(4)20-17)16-9-12(3)21-24-16/h9-11,14H,5-8H2,1-4H3. The van der Waals surface area contributed by atoms with Crippen LogP contribution in [-0.2, 0) is 4.79 Å². The Bertz CT molecular complexity index is 730. The molecular weight excluding hydrogens is 304 g/mol. The van der Waals surface area contributed by atoms with E-state index in [1.54, 1.807) is 0 Å². The largest absolute Gasteiger partial charge is 0.356 e. The van der Waals surface area contributed by atoms with Crippen molar-refractivity contribution in [1.29, 1.82) is 0 Å². The molecule has 2 aromatic rings. The Morgan fingerprint density at radius 2 is 2.00 bits per heavy atom. The summed E-state index contributed by atoms with van der Waals surface area (Å²) in [5, 5.41) is 3.97. The molecule has 2 aromatic heterocycles. The van der Waals surface area contributed by atoms with Gasteiger partial charge in [0.2, 0.25) is 5.91 Å². The van der Waals surface area contributed by atoms with Crippen molar-refractivity contribution in [2.75, 3.05) is 13.1 Å². The number of rotatable bonds is 3. The number of carbonyl (C=O) groups is 1. The van der Waals surface area contributed by atoms with Gasteiger partial charge in [0.05, 0.1) is 17.0 Å². The van der Waals surface area contributed by atoms with Gasteiger partial charge in [0, 0.05) is 37.2 Å². The van der Waals surface area contributed by atoms with Crippen molar-refractivity contribution in [1.82, 2.24) is 20.0 Å². The van der Waals surface area contributed by atoms with E-state index < -0.39 is 0 Å². The van der Waals surface area contributed by atoms with Gasteiger partial charge >= 0.3 is 0 Å². The van der Waals surface area contributed by atoms with Gasteiger partial charge < -0.3 is 9.42 Å². The monoisotopic (exact) mass is 328 g/mol. The van der Waals surface area contributed by atoms with Crippen molar-refractivity contribution in [3.63, 3.8) is 0 Å². The lowest BCUT2D eigenvalue weighted by atomic mass is 9.89. The lowest BCUT2D eigenvalue weighted by molar-refractivity contribution is -0.135. The first kappa shape index (κ1) is 16.6. The number of hydrogen-bond donors (Lipinski definition) is 0. The molecule has 1 fully saturated rings. The summed E-state index contributed by atoms with van der Waals surface area (Å²) in [6.45, 7) is 9.26. The third-order valence-corrected chi connectivity index (χ3v) is 4.52. The van der Waals surface area contributed by atoms with Gasteiger partial charge in [0.1, 0.15) is 5.82 Å². The smallest absolute Gasteiger partial charge is 0.225 e. The predicted molar refractivity (Wildman–Crippen MR) is 90.4 cm³/mol. The Balaban J connectivity index is 1.83. The van der Waals surface area contributed by atoms with Crippen molar-refractivity contribution >= 4 is 5.91 Å². The summed E-state index contributed by atoms with van der Waals surface area (Å²) in [7, 11) is 0. The maximum atomic E-state index is 12.2. The second-order valence-electron chi connectivity index (χ2n) is 6.80. The topological polar surface area (TPSA) is 72.1 Å². The number of likely N-dealkylation sites (tertiary alicyclic amines) is 1. The van der Waals surface area contributed by atoms with Crippen LogP contribution in [-0.4, -0.2) is 39.0 Å². The van der Waals surface area contributed by atoms with E-state index in [1.165, 1.54) is 0 Å². The number of nitrogens with zero attached hydrogens (tertiary/aromatic N) is 4. The number of aryl methyl sites for hydroxylation is 2. The molecule has 24 heavy (non-hydrogen) atoms. The predicted octanol–water partition coefficient (Wildman–Crippen LogP) is 3.11. The van der Waals surface area contributed by atoms with Gasteiger partial charge in [-0.25, -0.2) is 9.97 Å². The van der Waals surface area contributed by atoms with Crippen LogP contribution >= 0.6 is 0 Å². The minimum Gasteiger partial charge on any atom is -0.356 e. The summed E-state index contributed by atoms with van der Waals surface area (Å²) in [5.41, 5.74) is 2.76. The van der Waals surface area contributed by atoms with Crippen molar-refractivity contribution in [3.05, 3.63) is 29.5 Å². The van der Waals surface area contributed by atoms with Crippen LogP contribution in [0.15, 0.2) is 16.8 Å². The zero-order chi connectivity index (χ0) is 17.3. The van der Waals surface area contributed by atoms with Gasteiger partial charge in [-0.3, -0.25) is 4.79 Å². The summed E-state index contributed by atoms with van der Waals surface area (Å²) >= 11 is 0. The molecule has 0 unspecified atom stereocenters. The molecule has 6 nitrogen and oxygen atoms in total. The third kappa shape index (κ3) is 3.32. The number of carbonyl (C=O) groups excluding carboxylic acids is 1. The van der Waals surface area contributed by atoms with Gasteiger partial charge in [-0.1, -0.05) is 19.0 Å². The SMILES string of the molecule is Cc1cc(-c2cnc(C)nc2C2CCN(C(=O)C(C)C)CC2)on1. The second kappa shape index (κ2) is 6.71. The maximum absolute atomic E-state index is 12.2. The molecule has 0 N–H and O–H groups in total. The van der Waals surface area contributed by atoms with Crippen LogP contribution in [0, 0.1) is 19.8 Å². The van der Waals surface area contributed by atoms with Crippen LogP contribution in [0.25, 0.3) is 11.3 Å². The highest BCUT2D eigenvalue weighted by atomic mass is 16.5. The highest BCUT2D eigenvalue weighted by Gasteiger charge is 2.28. The minimum atomic E-state index is 0.0515. The quantitative estimate of drug-likeness (QED) is 0.865. The third-order valence-electron chi connectivity index (χ3n) is 4.52. The molecule has 1 amide bonds. The summed E-state index contributed by atoms with van der Waals surface area (Å²) in [6, 6.07) is 1.91. The van der Waals surface area contributed by atoms with Crippen molar-refractivity contribution in [3.8, 4) is 11.3 Å². The number of piperidine rings is 1. The molecule has 128 valence electrons. The van der Waals surface area contributed by atoms with Crippen LogP contribution in [0.1, 0.15) is 49.8 Å². The molecular formula is C18H24N4O2. The lowest BCUT2D eigenvalue weighted by Crippen LogP contribution is -2.40. The van der Waals surface area contributed by atoms with Gasteiger partial charge in [-0.15, -0.1) is 0 Å². The normalized spacial score (nSPS) is 16.0. The average Bonchev–Trinajstić information content (AvgIpc) is 3.00. The first-order valence-electron chi connectivity index (χ1n) is 8.51. The zero-order valence-corrected chi connectivity index (χ0v) is 14.7. The van der Waals surface area contributed by atoms with Gasteiger partial charge in [0.25, 0.3) is 0 Å². The first-order chi connectivity index (χ1) is 11.5. The van der Waals surface area contributed by atoms with Crippen molar-refractivity contribution in [2.24, 2.45) is 5.92 Å². The molecule has 3 heterocycles. The minimum absolute atomic E-state index is 0.0515. The van der Waals surface area contributed by atoms with Crippen LogP contribution in [0.4, 0.5) is 0 Å². The fourth-order valence-electron chi connectivity index (χ4n) is 3.22. The van der Waals surface area contributed by atoms with E-state index in [2.05, 4.69) is 15.1 Å². The second-order valence-corrected chi connectivity index (χ2v) is 6.80. The van der Waals surface area contributed by atoms with Crippen LogP contribution in [0.2, 0.25) is 0 Å². The fraction of sp³-hybridized carbons (Fsp3) is 0.556. The van der Waals surface area contributed by atoms with E-state index in [0.29, 0.717) is 11.7 Å². The molecule has 1 aliphatic heterocycles.